The molecule has 2 aromatic heterocycles. The minimum atomic E-state index is -4.94. The predicted molar refractivity (Wildman–Crippen MR) is 98.0 cm³/mol. The summed E-state index contributed by atoms with van der Waals surface area (Å²) < 4.78 is 95.4. The van der Waals surface area contributed by atoms with Crippen LogP contribution in [-0.2, 0) is 6.18 Å². The molecule has 0 aliphatic heterocycles. The summed E-state index contributed by atoms with van der Waals surface area (Å²) in [6.07, 6.45) is -7.68. The number of hydrogen-bond donors (Lipinski definition) is 1. The van der Waals surface area contributed by atoms with Gasteiger partial charge in [0.2, 0.25) is 0 Å². The van der Waals surface area contributed by atoms with E-state index in [-0.39, 0.29) is 11.6 Å². The molecule has 2 heterocycles. The van der Waals surface area contributed by atoms with Crippen LogP contribution in [0.3, 0.4) is 0 Å². The van der Waals surface area contributed by atoms with Crippen molar-refractivity contribution >= 4 is 5.91 Å². The van der Waals surface area contributed by atoms with Crippen LogP contribution < -0.4 is 10.1 Å². The third kappa shape index (κ3) is 6.17. The summed E-state index contributed by atoms with van der Waals surface area (Å²) in [6, 6.07) is 3.08. The molecule has 0 aliphatic rings. The normalized spacial score (nSPS) is 13.0. The predicted octanol–water partition coefficient (Wildman–Crippen LogP) is 4.25. The van der Waals surface area contributed by atoms with Gasteiger partial charge in [0.15, 0.2) is 18.2 Å². The number of hydrogen-bond acceptors (Lipinski definition) is 5. The van der Waals surface area contributed by atoms with Crippen molar-refractivity contribution < 1.29 is 40.3 Å². The average Bonchev–Trinajstić information content (AvgIpc) is 3.21. The maximum Gasteiger partial charge on any atom is 0.422 e. The van der Waals surface area contributed by atoms with E-state index in [1.165, 1.54) is 17.7 Å². The highest BCUT2D eigenvalue weighted by Gasteiger charge is 2.33. The van der Waals surface area contributed by atoms with E-state index in [2.05, 4.69) is 25.1 Å². The topological polar surface area (TPSA) is 81.9 Å². The molecular formula is C19H14F7N5O2. The van der Waals surface area contributed by atoms with Gasteiger partial charge in [0.1, 0.15) is 17.9 Å². The molecule has 0 fully saturated rings. The Kier molecular flexibility index (Phi) is 6.56. The van der Waals surface area contributed by atoms with Crippen LogP contribution in [0.25, 0.3) is 5.82 Å². The van der Waals surface area contributed by atoms with Gasteiger partial charge in [-0.05, 0) is 37.3 Å². The Labute approximate surface area is 181 Å². The number of aromatic nitrogens is 4. The lowest BCUT2D eigenvalue weighted by atomic mass is 10.1. The highest BCUT2D eigenvalue weighted by molar-refractivity contribution is 5.95. The van der Waals surface area contributed by atoms with E-state index in [1.807, 2.05) is 0 Å². The van der Waals surface area contributed by atoms with Gasteiger partial charge in [-0.3, -0.25) is 4.79 Å². The van der Waals surface area contributed by atoms with E-state index in [1.54, 1.807) is 0 Å². The standard InChI is InChI=1S/C19H14F7N5O2/c1-10(16-28-9-29-31(16)15-3-2-13(20)7-27-15)30-17(32)11-4-12(19(24,25)26)6-14(5-11)33-8-18(21,22)23/h2-7,9-10H,8H2,1H3,(H,30,32). The van der Waals surface area contributed by atoms with E-state index in [9.17, 15) is 35.5 Å². The molecule has 0 radical (unpaired) electrons. The maximum atomic E-state index is 13.2. The summed E-state index contributed by atoms with van der Waals surface area (Å²) in [6.45, 7) is -0.393. The van der Waals surface area contributed by atoms with Crippen LogP contribution in [0.2, 0.25) is 0 Å². The summed E-state index contributed by atoms with van der Waals surface area (Å²) in [7, 11) is 0. The molecule has 0 saturated heterocycles. The number of carbonyl (C=O) groups excluding carboxylic acids is 1. The molecule has 1 N–H and O–H groups in total. The van der Waals surface area contributed by atoms with Crippen LogP contribution in [0, 0.1) is 5.82 Å². The van der Waals surface area contributed by atoms with E-state index < -0.39 is 53.6 Å². The van der Waals surface area contributed by atoms with Crippen molar-refractivity contribution in [2.45, 2.75) is 25.3 Å². The van der Waals surface area contributed by atoms with Gasteiger partial charge in [-0.1, -0.05) is 0 Å². The van der Waals surface area contributed by atoms with Crippen LogP contribution >= 0.6 is 0 Å². The van der Waals surface area contributed by atoms with Crippen LogP contribution in [0.5, 0.6) is 5.75 Å². The van der Waals surface area contributed by atoms with Crippen LogP contribution in [0.4, 0.5) is 30.7 Å². The van der Waals surface area contributed by atoms with Crippen molar-refractivity contribution in [1.82, 2.24) is 25.1 Å². The number of rotatable bonds is 6. The Morgan fingerprint density at radius 2 is 1.85 bits per heavy atom. The van der Waals surface area contributed by atoms with Crippen molar-refractivity contribution in [3.05, 3.63) is 65.6 Å². The van der Waals surface area contributed by atoms with Gasteiger partial charge >= 0.3 is 12.4 Å². The highest BCUT2D eigenvalue weighted by atomic mass is 19.4. The first-order chi connectivity index (χ1) is 15.3. The third-order valence-electron chi connectivity index (χ3n) is 4.14. The Morgan fingerprint density at radius 1 is 1.12 bits per heavy atom. The second-order valence-corrected chi connectivity index (χ2v) is 6.71. The second kappa shape index (κ2) is 9.03. The number of nitrogens with one attached hydrogen (secondary N) is 1. The van der Waals surface area contributed by atoms with E-state index in [0.29, 0.717) is 12.1 Å². The maximum absolute atomic E-state index is 13.2. The molecule has 0 saturated carbocycles. The smallest absolute Gasteiger partial charge is 0.422 e. The summed E-state index contributed by atoms with van der Waals surface area (Å²) >= 11 is 0. The lowest BCUT2D eigenvalue weighted by molar-refractivity contribution is -0.153. The second-order valence-electron chi connectivity index (χ2n) is 6.71. The van der Waals surface area contributed by atoms with E-state index >= 15 is 0 Å². The molecule has 0 spiro atoms. The van der Waals surface area contributed by atoms with Crippen LogP contribution in [0.1, 0.15) is 34.7 Å². The van der Waals surface area contributed by atoms with Crippen molar-refractivity contribution in [3.8, 4) is 11.6 Å². The third-order valence-corrected chi connectivity index (χ3v) is 4.14. The first-order valence-electron chi connectivity index (χ1n) is 9.08. The molecule has 1 amide bonds. The summed E-state index contributed by atoms with van der Waals surface area (Å²) in [4.78, 5) is 20.4. The van der Waals surface area contributed by atoms with Gasteiger partial charge in [0, 0.05) is 5.56 Å². The number of amides is 1. The molecule has 33 heavy (non-hydrogen) atoms. The number of ether oxygens (including phenoxy) is 1. The number of halogens is 7. The monoisotopic (exact) mass is 477 g/mol. The fourth-order valence-corrected chi connectivity index (χ4v) is 2.70. The molecule has 176 valence electrons. The molecule has 1 unspecified atom stereocenters. The lowest BCUT2D eigenvalue weighted by Crippen LogP contribution is -2.29. The number of nitrogens with zero attached hydrogens (tertiary/aromatic N) is 4. The molecule has 0 bridgehead atoms. The highest BCUT2D eigenvalue weighted by Crippen LogP contribution is 2.33. The molecule has 3 rings (SSSR count). The number of alkyl halides is 6. The fourth-order valence-electron chi connectivity index (χ4n) is 2.70. The summed E-state index contributed by atoms with van der Waals surface area (Å²) in [5.41, 5.74) is -1.95. The number of carbonyl (C=O) groups is 1. The van der Waals surface area contributed by atoms with Crippen molar-refractivity contribution in [3.63, 3.8) is 0 Å². The van der Waals surface area contributed by atoms with Crippen molar-refractivity contribution in [2.75, 3.05) is 6.61 Å². The molecule has 1 atom stereocenters. The molecule has 1 aromatic carbocycles. The minimum absolute atomic E-state index is 0.114. The number of benzene rings is 1. The lowest BCUT2D eigenvalue weighted by Gasteiger charge is -2.17. The molecule has 7 nitrogen and oxygen atoms in total. The van der Waals surface area contributed by atoms with Crippen LogP contribution in [-0.4, -0.2) is 38.4 Å². The largest absolute Gasteiger partial charge is 0.484 e. The zero-order chi connectivity index (χ0) is 24.4. The van der Waals surface area contributed by atoms with Gasteiger partial charge in [-0.25, -0.2) is 14.4 Å². The molecular weight excluding hydrogens is 463 g/mol. The SMILES string of the molecule is CC(NC(=O)c1cc(OCC(F)(F)F)cc(C(F)(F)F)c1)c1ncnn1-c1ccc(F)cn1. The quantitative estimate of drug-likeness (QED) is 0.537. The van der Waals surface area contributed by atoms with Crippen LogP contribution in [0.15, 0.2) is 42.9 Å². The molecule has 3 aromatic rings. The van der Waals surface area contributed by atoms with E-state index in [4.69, 9.17) is 0 Å². The zero-order valence-corrected chi connectivity index (χ0v) is 16.6. The Balaban J connectivity index is 1.85. The van der Waals surface area contributed by atoms with Gasteiger partial charge in [-0.2, -0.15) is 36.1 Å². The Bertz CT molecular complexity index is 1130. The molecule has 14 heteroatoms. The van der Waals surface area contributed by atoms with Gasteiger partial charge in [0.25, 0.3) is 5.91 Å². The zero-order valence-electron chi connectivity index (χ0n) is 16.6. The van der Waals surface area contributed by atoms with Gasteiger partial charge in [0.05, 0.1) is 17.8 Å². The Morgan fingerprint density at radius 3 is 2.45 bits per heavy atom. The first kappa shape index (κ1) is 23.9. The van der Waals surface area contributed by atoms with Crippen molar-refractivity contribution in [1.29, 1.82) is 0 Å². The first-order valence-corrected chi connectivity index (χ1v) is 9.08. The van der Waals surface area contributed by atoms with Crippen molar-refractivity contribution in [2.24, 2.45) is 0 Å². The average molecular weight is 477 g/mol. The number of pyridine rings is 1. The van der Waals surface area contributed by atoms with E-state index in [0.717, 1.165) is 24.7 Å². The summed E-state index contributed by atoms with van der Waals surface area (Å²) in [5, 5.41) is 6.31. The Hall–Kier alpha value is -3.71. The van der Waals surface area contributed by atoms with Gasteiger partial charge < -0.3 is 10.1 Å². The molecule has 0 aliphatic carbocycles. The van der Waals surface area contributed by atoms with Gasteiger partial charge in [-0.15, -0.1) is 0 Å². The summed E-state index contributed by atoms with van der Waals surface area (Å²) in [5.74, 6) is -2.14. The minimum Gasteiger partial charge on any atom is -0.484 e. The fraction of sp³-hybridized carbons (Fsp3) is 0.263.